The smallest absolute Gasteiger partial charge is 0.160 e. The zero-order chi connectivity index (χ0) is 13.9. The number of likely N-dealkylation sites (N-methyl/N-ethyl adjacent to an activating group) is 1. The quantitative estimate of drug-likeness (QED) is 0.846. The number of rotatable bonds is 5. The number of thioether (sulfide) groups is 1. The summed E-state index contributed by atoms with van der Waals surface area (Å²) in [4.78, 5) is 11.6. The standard InChI is InChI=1S/C15H22N4S/c1-18(2)7-8-19-14(10-12-5-9-20-11-12)17-13-4-3-6-16-15(13)19/h3-4,6,12H,5,7-11H2,1-2H3. The lowest BCUT2D eigenvalue weighted by atomic mass is 10.1. The Hall–Kier alpha value is -1.07. The van der Waals surface area contributed by atoms with E-state index in [9.17, 15) is 0 Å². The van der Waals surface area contributed by atoms with E-state index < -0.39 is 0 Å². The molecule has 1 saturated heterocycles. The van der Waals surface area contributed by atoms with E-state index >= 15 is 0 Å². The lowest BCUT2D eigenvalue weighted by molar-refractivity contribution is 0.380. The number of fused-ring (bicyclic) bond motifs is 1. The van der Waals surface area contributed by atoms with Crippen molar-refractivity contribution in [3.05, 3.63) is 24.2 Å². The molecule has 2 aromatic heterocycles. The summed E-state index contributed by atoms with van der Waals surface area (Å²) >= 11 is 2.07. The summed E-state index contributed by atoms with van der Waals surface area (Å²) in [6, 6.07) is 4.04. The highest BCUT2D eigenvalue weighted by Crippen LogP contribution is 2.27. The number of hydrogen-bond donors (Lipinski definition) is 0. The number of hydrogen-bond acceptors (Lipinski definition) is 4. The highest BCUT2D eigenvalue weighted by Gasteiger charge is 2.20. The molecule has 1 aliphatic heterocycles. The Morgan fingerprint density at radius 2 is 2.35 bits per heavy atom. The van der Waals surface area contributed by atoms with Crippen molar-refractivity contribution in [2.24, 2.45) is 5.92 Å². The van der Waals surface area contributed by atoms with E-state index in [0.29, 0.717) is 0 Å². The Morgan fingerprint density at radius 1 is 1.45 bits per heavy atom. The summed E-state index contributed by atoms with van der Waals surface area (Å²) in [7, 11) is 4.22. The van der Waals surface area contributed by atoms with Crippen LogP contribution in [0.2, 0.25) is 0 Å². The molecule has 1 unspecified atom stereocenters. The maximum absolute atomic E-state index is 4.83. The lowest BCUT2D eigenvalue weighted by Crippen LogP contribution is -2.20. The molecule has 0 saturated carbocycles. The second kappa shape index (κ2) is 6.14. The molecule has 1 fully saturated rings. The third-order valence-corrected chi connectivity index (χ3v) is 5.08. The third kappa shape index (κ3) is 2.99. The first-order valence-corrected chi connectivity index (χ1v) is 8.42. The Labute approximate surface area is 124 Å². The average Bonchev–Trinajstić information content (AvgIpc) is 3.04. The van der Waals surface area contributed by atoms with Crippen LogP contribution < -0.4 is 0 Å². The summed E-state index contributed by atoms with van der Waals surface area (Å²) in [5.74, 6) is 4.59. The summed E-state index contributed by atoms with van der Waals surface area (Å²) in [5, 5.41) is 0. The van der Waals surface area contributed by atoms with Crippen LogP contribution in [-0.4, -0.2) is 51.6 Å². The molecule has 1 aliphatic rings. The van der Waals surface area contributed by atoms with Crippen LogP contribution in [0.3, 0.4) is 0 Å². The zero-order valence-corrected chi connectivity index (χ0v) is 13.1. The molecule has 3 rings (SSSR count). The van der Waals surface area contributed by atoms with Gasteiger partial charge in [-0.2, -0.15) is 11.8 Å². The molecule has 0 amide bonds. The van der Waals surface area contributed by atoms with Gasteiger partial charge in [0.2, 0.25) is 0 Å². The maximum atomic E-state index is 4.83. The van der Waals surface area contributed by atoms with Crippen molar-refractivity contribution >= 4 is 22.9 Å². The zero-order valence-electron chi connectivity index (χ0n) is 12.2. The van der Waals surface area contributed by atoms with Crippen LogP contribution in [0.5, 0.6) is 0 Å². The lowest BCUT2D eigenvalue weighted by Gasteiger charge is -2.14. The molecule has 2 aromatic rings. The fourth-order valence-corrected chi connectivity index (χ4v) is 3.98. The van der Waals surface area contributed by atoms with Gasteiger partial charge in [0.25, 0.3) is 0 Å². The van der Waals surface area contributed by atoms with Crippen molar-refractivity contribution in [3.8, 4) is 0 Å². The second-order valence-electron chi connectivity index (χ2n) is 5.76. The summed E-state index contributed by atoms with van der Waals surface area (Å²) in [5.41, 5.74) is 2.07. The van der Waals surface area contributed by atoms with Crippen molar-refractivity contribution in [2.45, 2.75) is 19.4 Å². The second-order valence-corrected chi connectivity index (χ2v) is 6.91. The summed E-state index contributed by atoms with van der Waals surface area (Å²) in [6.45, 7) is 1.99. The molecule has 0 spiro atoms. The predicted molar refractivity (Wildman–Crippen MR) is 85.2 cm³/mol. The number of pyridine rings is 1. The maximum Gasteiger partial charge on any atom is 0.160 e. The van der Waals surface area contributed by atoms with Gasteiger partial charge in [-0.05, 0) is 50.1 Å². The van der Waals surface area contributed by atoms with E-state index in [0.717, 1.165) is 36.6 Å². The highest BCUT2D eigenvalue weighted by atomic mass is 32.2. The van der Waals surface area contributed by atoms with Gasteiger partial charge in [0.15, 0.2) is 5.65 Å². The SMILES string of the molecule is CN(C)CCn1c(CC2CCSC2)nc2cccnc21. The molecule has 0 radical (unpaired) electrons. The minimum atomic E-state index is 0.787. The van der Waals surface area contributed by atoms with Gasteiger partial charge in [-0.15, -0.1) is 0 Å². The van der Waals surface area contributed by atoms with E-state index in [1.807, 2.05) is 12.3 Å². The Morgan fingerprint density at radius 3 is 3.10 bits per heavy atom. The van der Waals surface area contributed by atoms with Crippen LogP contribution in [0.25, 0.3) is 11.2 Å². The van der Waals surface area contributed by atoms with E-state index in [1.54, 1.807) is 0 Å². The third-order valence-electron chi connectivity index (χ3n) is 3.85. The molecule has 0 N–H and O–H groups in total. The van der Waals surface area contributed by atoms with Crippen molar-refractivity contribution in [3.63, 3.8) is 0 Å². The molecule has 108 valence electrons. The number of nitrogens with zero attached hydrogens (tertiary/aromatic N) is 4. The van der Waals surface area contributed by atoms with E-state index in [2.05, 4.69) is 46.4 Å². The molecule has 0 bridgehead atoms. The van der Waals surface area contributed by atoms with Crippen molar-refractivity contribution in [2.75, 3.05) is 32.1 Å². The Bertz CT molecular complexity index is 572. The first-order chi connectivity index (χ1) is 9.74. The van der Waals surface area contributed by atoms with Crippen LogP contribution in [0, 0.1) is 5.92 Å². The molecule has 1 atom stereocenters. The first kappa shape index (κ1) is 13.9. The Kier molecular flexibility index (Phi) is 4.27. The van der Waals surface area contributed by atoms with Crippen LogP contribution >= 0.6 is 11.8 Å². The first-order valence-electron chi connectivity index (χ1n) is 7.26. The molecule has 20 heavy (non-hydrogen) atoms. The van der Waals surface area contributed by atoms with Crippen LogP contribution in [0.4, 0.5) is 0 Å². The van der Waals surface area contributed by atoms with Crippen LogP contribution in [0.1, 0.15) is 12.2 Å². The van der Waals surface area contributed by atoms with Gasteiger partial charge in [-0.25, -0.2) is 9.97 Å². The monoisotopic (exact) mass is 290 g/mol. The molecule has 3 heterocycles. The minimum Gasteiger partial charge on any atom is -0.311 e. The van der Waals surface area contributed by atoms with Gasteiger partial charge in [0.05, 0.1) is 0 Å². The Balaban J connectivity index is 1.89. The highest BCUT2D eigenvalue weighted by molar-refractivity contribution is 7.99. The van der Waals surface area contributed by atoms with Crippen molar-refractivity contribution in [1.29, 1.82) is 0 Å². The van der Waals surface area contributed by atoms with Crippen LogP contribution in [-0.2, 0) is 13.0 Å². The van der Waals surface area contributed by atoms with Gasteiger partial charge < -0.3 is 9.47 Å². The van der Waals surface area contributed by atoms with Gasteiger partial charge in [-0.3, -0.25) is 0 Å². The summed E-state index contributed by atoms with van der Waals surface area (Å²) in [6.07, 6.45) is 4.29. The number of aromatic nitrogens is 3. The minimum absolute atomic E-state index is 0.787. The van der Waals surface area contributed by atoms with Crippen molar-refractivity contribution in [1.82, 2.24) is 19.4 Å². The summed E-state index contributed by atoms with van der Waals surface area (Å²) < 4.78 is 2.32. The van der Waals surface area contributed by atoms with Gasteiger partial charge in [0, 0.05) is 25.7 Å². The molecule has 0 aromatic carbocycles. The topological polar surface area (TPSA) is 34.0 Å². The van der Waals surface area contributed by atoms with Crippen molar-refractivity contribution < 1.29 is 0 Å². The molecule has 0 aliphatic carbocycles. The molecular formula is C15H22N4S. The fourth-order valence-electron chi connectivity index (χ4n) is 2.70. The van der Waals surface area contributed by atoms with E-state index in [4.69, 9.17) is 4.98 Å². The van der Waals surface area contributed by atoms with Crippen LogP contribution in [0.15, 0.2) is 18.3 Å². The average molecular weight is 290 g/mol. The predicted octanol–water partition coefficient (Wildman–Crippen LogP) is 2.29. The largest absolute Gasteiger partial charge is 0.311 e. The molecule has 4 nitrogen and oxygen atoms in total. The van der Waals surface area contributed by atoms with E-state index in [-0.39, 0.29) is 0 Å². The fraction of sp³-hybridized carbons (Fsp3) is 0.600. The number of imidazole rings is 1. The normalized spacial score (nSPS) is 19.2. The molecule has 5 heteroatoms. The van der Waals surface area contributed by atoms with Gasteiger partial charge >= 0.3 is 0 Å². The molecular weight excluding hydrogens is 268 g/mol. The van der Waals surface area contributed by atoms with E-state index in [1.165, 1.54) is 23.8 Å². The van der Waals surface area contributed by atoms with Gasteiger partial charge in [0.1, 0.15) is 11.3 Å². The van der Waals surface area contributed by atoms with Gasteiger partial charge in [-0.1, -0.05) is 0 Å².